The number of hydrogen-bond acceptors (Lipinski definition) is 4. The third-order valence-corrected chi connectivity index (χ3v) is 5.15. The second-order valence-corrected chi connectivity index (χ2v) is 6.81. The van der Waals surface area contributed by atoms with Gasteiger partial charge in [-0.2, -0.15) is 8.78 Å². The first kappa shape index (κ1) is 18.2. The van der Waals surface area contributed by atoms with Crippen molar-refractivity contribution < 1.29 is 22.3 Å². The number of hydrogen-bond donors (Lipinski definition) is 1. The minimum Gasteiger partial charge on any atom is -0.459 e. The van der Waals surface area contributed by atoms with E-state index in [0.717, 1.165) is 6.07 Å². The maximum atomic E-state index is 14.9. The molecular formula is C19H14F4N4O. The van der Waals surface area contributed by atoms with Crippen molar-refractivity contribution in [2.75, 3.05) is 6.61 Å². The van der Waals surface area contributed by atoms with Crippen LogP contribution in [-0.2, 0) is 16.2 Å². The number of nitrogens with two attached hydrogens (primary N) is 1. The van der Waals surface area contributed by atoms with E-state index in [0.29, 0.717) is 11.1 Å². The maximum Gasteiger partial charge on any atom is 0.310 e. The number of rotatable bonds is 1. The van der Waals surface area contributed by atoms with Crippen LogP contribution >= 0.6 is 0 Å². The number of pyridine rings is 1. The number of nitrogens with zero attached hydrogens (tertiary/aromatic N) is 3. The highest BCUT2D eigenvalue weighted by Gasteiger charge is 2.63. The van der Waals surface area contributed by atoms with Crippen molar-refractivity contribution in [1.82, 2.24) is 4.98 Å². The molecule has 2 N–H and O–H groups in total. The minimum absolute atomic E-state index is 0.244. The largest absolute Gasteiger partial charge is 0.459 e. The predicted octanol–water partition coefficient (Wildman–Crippen LogP) is 4.36. The highest BCUT2D eigenvalue weighted by atomic mass is 19.3. The number of alkyl halides is 4. The molecule has 1 aliphatic carbocycles. The Morgan fingerprint density at radius 3 is 2.57 bits per heavy atom. The van der Waals surface area contributed by atoms with Crippen molar-refractivity contribution in [3.8, 4) is 11.1 Å². The lowest BCUT2D eigenvalue weighted by Crippen LogP contribution is -2.55. The zero-order valence-electron chi connectivity index (χ0n) is 14.4. The molecule has 0 unspecified atom stereocenters. The summed E-state index contributed by atoms with van der Waals surface area (Å²) in [4.78, 5) is 11.0. The summed E-state index contributed by atoms with van der Waals surface area (Å²) in [7, 11) is 0. The van der Waals surface area contributed by atoms with Gasteiger partial charge in [-0.05, 0) is 35.2 Å². The van der Waals surface area contributed by atoms with Gasteiger partial charge in [0.05, 0.1) is 6.57 Å². The van der Waals surface area contributed by atoms with E-state index in [4.69, 9.17) is 12.3 Å². The Morgan fingerprint density at radius 2 is 1.82 bits per heavy atom. The van der Waals surface area contributed by atoms with Gasteiger partial charge in [0.2, 0.25) is 5.69 Å². The van der Waals surface area contributed by atoms with Gasteiger partial charge in [-0.3, -0.25) is 4.98 Å². The second-order valence-electron chi connectivity index (χ2n) is 6.81. The molecule has 9 heteroatoms. The number of aromatic nitrogens is 1. The molecule has 1 spiro atoms. The summed E-state index contributed by atoms with van der Waals surface area (Å²) in [5.74, 6) is -6.79. The van der Waals surface area contributed by atoms with Crippen molar-refractivity contribution >= 4 is 11.7 Å². The maximum absolute atomic E-state index is 14.9. The molecule has 144 valence electrons. The zero-order chi connectivity index (χ0) is 20.2. The van der Waals surface area contributed by atoms with Crippen LogP contribution in [0.25, 0.3) is 16.0 Å². The van der Waals surface area contributed by atoms with E-state index < -0.39 is 48.4 Å². The number of aliphatic imine (C=N–C) groups is 1. The monoisotopic (exact) mass is 390 g/mol. The number of amidine groups is 1. The molecule has 1 atom stereocenters. The first-order valence-corrected chi connectivity index (χ1v) is 8.40. The molecule has 1 aromatic carbocycles. The van der Waals surface area contributed by atoms with Crippen LogP contribution in [0.1, 0.15) is 24.0 Å². The van der Waals surface area contributed by atoms with Gasteiger partial charge in [-0.25, -0.2) is 18.6 Å². The average molecular weight is 390 g/mol. The minimum atomic E-state index is -3.52. The van der Waals surface area contributed by atoms with Gasteiger partial charge in [-0.1, -0.05) is 12.1 Å². The third-order valence-electron chi connectivity index (χ3n) is 5.15. The Morgan fingerprint density at radius 1 is 1.04 bits per heavy atom. The molecule has 2 aromatic rings. The highest BCUT2D eigenvalue weighted by Crippen LogP contribution is 2.56. The molecule has 28 heavy (non-hydrogen) atoms. The van der Waals surface area contributed by atoms with Crippen LogP contribution < -0.4 is 5.73 Å². The molecule has 1 aliphatic heterocycles. The SMILES string of the molecule is [C-]#[N+]c1cncc(-c2ccc3c(c2)[C@@]2(CCC3(F)F)N=C(N)OCC2(F)F)c1. The molecular weight excluding hydrogens is 376 g/mol. The zero-order valence-corrected chi connectivity index (χ0v) is 14.4. The summed E-state index contributed by atoms with van der Waals surface area (Å²) < 4.78 is 63.6. The Hall–Kier alpha value is -3.15. The molecule has 0 radical (unpaired) electrons. The predicted molar refractivity (Wildman–Crippen MR) is 93.3 cm³/mol. The van der Waals surface area contributed by atoms with Crippen LogP contribution in [0.15, 0.2) is 41.7 Å². The van der Waals surface area contributed by atoms with Gasteiger partial charge in [-0.15, -0.1) is 0 Å². The smallest absolute Gasteiger partial charge is 0.310 e. The van der Waals surface area contributed by atoms with Gasteiger partial charge >= 0.3 is 5.92 Å². The molecule has 5 nitrogen and oxygen atoms in total. The van der Waals surface area contributed by atoms with E-state index in [1.54, 1.807) is 0 Å². The van der Waals surface area contributed by atoms with Crippen molar-refractivity contribution in [2.45, 2.75) is 30.2 Å². The standard InChI is InChI=1S/C19H14F4N4O/c1-25-13-6-12(8-26-9-13)11-2-3-14-15(7-11)17(4-5-18(14,20)21)19(22,23)10-28-16(24)27-17/h2-3,6-9H,4-5,10H2,(H2,24,27)/t17-/m1/s1. The van der Waals surface area contributed by atoms with E-state index in [1.165, 1.54) is 30.6 Å². The summed E-state index contributed by atoms with van der Waals surface area (Å²) in [5.41, 5.74) is 3.59. The molecule has 0 fully saturated rings. The topological polar surface area (TPSA) is 64.9 Å². The van der Waals surface area contributed by atoms with E-state index in [9.17, 15) is 17.6 Å². The quantitative estimate of drug-likeness (QED) is 0.581. The lowest BCUT2D eigenvalue weighted by molar-refractivity contribution is -0.143. The highest BCUT2D eigenvalue weighted by molar-refractivity contribution is 5.74. The summed E-state index contributed by atoms with van der Waals surface area (Å²) in [6.45, 7) is 6.04. The molecule has 0 bridgehead atoms. The molecule has 1 aromatic heterocycles. The van der Waals surface area contributed by atoms with E-state index in [1.807, 2.05) is 0 Å². The van der Waals surface area contributed by atoms with Gasteiger partial charge in [0.1, 0.15) is 0 Å². The lowest BCUT2D eigenvalue weighted by atomic mass is 9.70. The second kappa shape index (κ2) is 5.92. The van der Waals surface area contributed by atoms with E-state index in [2.05, 4.69) is 19.6 Å². The number of benzene rings is 1. The van der Waals surface area contributed by atoms with Gasteiger partial charge in [0.15, 0.2) is 12.1 Å². The van der Waals surface area contributed by atoms with Gasteiger partial charge in [0.25, 0.3) is 11.9 Å². The fraction of sp³-hybridized carbons (Fsp3) is 0.316. The van der Waals surface area contributed by atoms with Crippen LogP contribution in [0, 0.1) is 6.57 Å². The number of fused-ring (bicyclic) bond motifs is 2. The van der Waals surface area contributed by atoms with E-state index >= 15 is 0 Å². The summed E-state index contributed by atoms with van der Waals surface area (Å²) >= 11 is 0. The summed E-state index contributed by atoms with van der Waals surface area (Å²) in [6, 6.07) is 4.86. The molecule has 0 amide bonds. The molecule has 2 heterocycles. The van der Waals surface area contributed by atoms with Crippen LogP contribution in [0.5, 0.6) is 0 Å². The van der Waals surface area contributed by atoms with Crippen molar-refractivity contribution in [3.63, 3.8) is 0 Å². The van der Waals surface area contributed by atoms with Crippen molar-refractivity contribution in [1.29, 1.82) is 0 Å². The Kier molecular flexibility index (Phi) is 3.86. The Bertz CT molecular complexity index is 1030. The van der Waals surface area contributed by atoms with Crippen LogP contribution in [0.2, 0.25) is 0 Å². The average Bonchev–Trinajstić information content (AvgIpc) is 2.68. The lowest BCUT2D eigenvalue weighted by Gasteiger charge is -2.45. The van der Waals surface area contributed by atoms with Crippen LogP contribution in [0.3, 0.4) is 0 Å². The third kappa shape index (κ3) is 2.59. The van der Waals surface area contributed by atoms with Gasteiger partial charge < -0.3 is 10.5 Å². The fourth-order valence-corrected chi connectivity index (χ4v) is 3.72. The first-order chi connectivity index (χ1) is 13.2. The van der Waals surface area contributed by atoms with Gasteiger partial charge in [0, 0.05) is 24.4 Å². The van der Waals surface area contributed by atoms with Crippen LogP contribution in [-0.4, -0.2) is 23.5 Å². The molecule has 2 aliphatic rings. The summed E-state index contributed by atoms with van der Waals surface area (Å²) in [5, 5.41) is 0. The molecule has 0 saturated carbocycles. The van der Waals surface area contributed by atoms with Crippen LogP contribution in [0.4, 0.5) is 23.2 Å². The van der Waals surface area contributed by atoms with Crippen molar-refractivity contribution in [3.05, 3.63) is 59.2 Å². The Labute approximate surface area is 157 Å². The normalized spacial score (nSPS) is 24.6. The molecule has 0 saturated heterocycles. The van der Waals surface area contributed by atoms with E-state index in [-0.39, 0.29) is 11.3 Å². The first-order valence-electron chi connectivity index (χ1n) is 8.40. The fourth-order valence-electron chi connectivity index (χ4n) is 3.72. The number of ether oxygens (including phenoxy) is 1. The Balaban J connectivity index is 1.97. The number of halogens is 4. The molecule has 4 rings (SSSR count). The van der Waals surface area contributed by atoms with Crippen molar-refractivity contribution in [2.24, 2.45) is 10.7 Å². The summed E-state index contributed by atoms with van der Waals surface area (Å²) in [6.07, 6.45) is 1.43.